The Balaban J connectivity index is 1.36. The van der Waals surface area contributed by atoms with E-state index in [0.717, 1.165) is 17.5 Å². The summed E-state index contributed by atoms with van der Waals surface area (Å²) in [6, 6.07) is 18.7. The molecule has 176 valence electrons. The number of unbranched alkanes of at least 4 members (excludes halogenated alkanes) is 1. The van der Waals surface area contributed by atoms with Gasteiger partial charge in [-0.05, 0) is 55.4 Å². The van der Waals surface area contributed by atoms with Gasteiger partial charge in [-0.25, -0.2) is 0 Å². The molecule has 0 unspecified atom stereocenters. The number of thiocarbonyl (C=S) groups is 1. The molecular weight excluding hydrogens is 450 g/mol. The van der Waals surface area contributed by atoms with Gasteiger partial charge in [-0.2, -0.15) is 0 Å². The Morgan fingerprint density at radius 1 is 0.912 bits per heavy atom. The van der Waals surface area contributed by atoms with E-state index in [1.807, 2.05) is 42.5 Å². The van der Waals surface area contributed by atoms with Crippen LogP contribution in [0.4, 0.5) is 5.69 Å². The average Bonchev–Trinajstić information content (AvgIpc) is 2.85. The third kappa shape index (κ3) is 5.18. The van der Waals surface area contributed by atoms with E-state index in [-0.39, 0.29) is 11.8 Å². The summed E-state index contributed by atoms with van der Waals surface area (Å²) < 4.78 is 10.8. The molecule has 3 aromatic carbocycles. The summed E-state index contributed by atoms with van der Waals surface area (Å²) in [5.41, 5.74) is 1.97. The van der Waals surface area contributed by atoms with Gasteiger partial charge in [0.25, 0.3) is 11.8 Å². The zero-order valence-electron chi connectivity index (χ0n) is 19.0. The van der Waals surface area contributed by atoms with Gasteiger partial charge in [0.1, 0.15) is 12.4 Å². The van der Waals surface area contributed by atoms with Crippen molar-refractivity contribution in [2.75, 3.05) is 38.7 Å². The highest BCUT2D eigenvalue weighted by molar-refractivity contribution is 7.80. The molecule has 0 aliphatic carbocycles. The largest absolute Gasteiger partial charge is 0.491 e. The number of rotatable bonds is 10. The lowest BCUT2D eigenvalue weighted by atomic mass is 9.93. The second kappa shape index (κ2) is 11.1. The smallest absolute Gasteiger partial charge is 0.261 e. The van der Waals surface area contributed by atoms with Crippen molar-refractivity contribution in [1.29, 1.82) is 0 Å². The fourth-order valence-corrected chi connectivity index (χ4v) is 4.20. The van der Waals surface area contributed by atoms with Crippen molar-refractivity contribution in [1.82, 2.24) is 10.2 Å². The van der Waals surface area contributed by atoms with Gasteiger partial charge in [-0.15, -0.1) is 0 Å². The number of benzene rings is 3. The number of methoxy groups -OCH3 is 1. The predicted octanol–water partition coefficient (Wildman–Crippen LogP) is 4.23. The Hall–Kier alpha value is -3.49. The molecule has 1 aliphatic heterocycles. The van der Waals surface area contributed by atoms with E-state index in [2.05, 4.69) is 10.6 Å². The molecule has 0 aromatic heterocycles. The second-order valence-electron chi connectivity index (χ2n) is 7.90. The molecule has 34 heavy (non-hydrogen) atoms. The number of carbonyl (C=O) groups excluding carboxylic acids is 2. The molecule has 0 radical (unpaired) electrons. The number of carbonyl (C=O) groups is 2. The van der Waals surface area contributed by atoms with Crippen LogP contribution in [-0.4, -0.2) is 55.2 Å². The third-order valence-electron chi connectivity index (χ3n) is 5.62. The number of ether oxygens (including phenoxy) is 2. The van der Waals surface area contributed by atoms with Crippen LogP contribution in [0.5, 0.6) is 5.75 Å². The van der Waals surface area contributed by atoms with Crippen LogP contribution in [0.15, 0.2) is 60.7 Å². The molecule has 1 heterocycles. The zero-order valence-corrected chi connectivity index (χ0v) is 19.8. The Labute approximate surface area is 204 Å². The number of anilines is 1. The molecule has 0 bridgehead atoms. The first-order valence-corrected chi connectivity index (χ1v) is 11.6. The SMILES string of the molecule is COCCOc1ccc2c3c(cccc13)C(=O)N(CCCCNC(=S)Nc1ccccc1)C2=O. The van der Waals surface area contributed by atoms with E-state index in [0.29, 0.717) is 60.1 Å². The minimum absolute atomic E-state index is 0.272. The first-order valence-electron chi connectivity index (χ1n) is 11.2. The van der Waals surface area contributed by atoms with Crippen LogP contribution in [0.3, 0.4) is 0 Å². The monoisotopic (exact) mass is 477 g/mol. The van der Waals surface area contributed by atoms with Crippen molar-refractivity contribution in [2.45, 2.75) is 12.8 Å². The zero-order chi connectivity index (χ0) is 23.9. The molecule has 4 rings (SSSR count). The fourth-order valence-electron chi connectivity index (χ4n) is 3.98. The van der Waals surface area contributed by atoms with Gasteiger partial charge in [-0.1, -0.05) is 30.3 Å². The van der Waals surface area contributed by atoms with Gasteiger partial charge < -0.3 is 20.1 Å². The van der Waals surface area contributed by atoms with Crippen molar-refractivity contribution in [3.05, 3.63) is 71.8 Å². The quantitative estimate of drug-likeness (QED) is 0.257. The van der Waals surface area contributed by atoms with Crippen LogP contribution in [0.25, 0.3) is 10.8 Å². The summed E-state index contributed by atoms with van der Waals surface area (Å²) in [6.07, 6.45) is 1.43. The summed E-state index contributed by atoms with van der Waals surface area (Å²) in [4.78, 5) is 27.7. The van der Waals surface area contributed by atoms with Gasteiger partial charge in [0.05, 0.1) is 6.61 Å². The van der Waals surface area contributed by atoms with Crippen molar-refractivity contribution in [3.8, 4) is 5.75 Å². The Morgan fingerprint density at radius 2 is 1.68 bits per heavy atom. The van der Waals surface area contributed by atoms with Crippen LogP contribution in [-0.2, 0) is 4.74 Å². The van der Waals surface area contributed by atoms with Crippen LogP contribution < -0.4 is 15.4 Å². The van der Waals surface area contributed by atoms with E-state index in [1.165, 1.54) is 4.90 Å². The lowest BCUT2D eigenvalue weighted by molar-refractivity contribution is 0.0608. The standard InChI is InChI=1S/C26H27N3O4S/c1-32-16-17-33-22-13-12-21-23-19(22)10-7-11-20(23)24(30)29(25(21)31)15-6-5-14-27-26(34)28-18-8-3-2-4-9-18/h2-4,7-13H,5-6,14-17H2,1H3,(H2,27,28,34). The molecule has 0 spiro atoms. The molecule has 2 N–H and O–H groups in total. The lowest BCUT2D eigenvalue weighted by Gasteiger charge is -2.27. The van der Waals surface area contributed by atoms with Gasteiger partial charge in [-0.3, -0.25) is 14.5 Å². The predicted molar refractivity (Wildman–Crippen MR) is 137 cm³/mol. The summed E-state index contributed by atoms with van der Waals surface area (Å²) in [5, 5.41) is 8.24. The van der Waals surface area contributed by atoms with Crippen LogP contribution in [0.2, 0.25) is 0 Å². The number of hydrogen-bond acceptors (Lipinski definition) is 5. The van der Waals surface area contributed by atoms with E-state index >= 15 is 0 Å². The number of amides is 2. The minimum atomic E-state index is -0.272. The van der Waals surface area contributed by atoms with E-state index in [1.54, 1.807) is 25.3 Å². The maximum Gasteiger partial charge on any atom is 0.261 e. The average molecular weight is 478 g/mol. The van der Waals surface area contributed by atoms with Gasteiger partial charge >= 0.3 is 0 Å². The van der Waals surface area contributed by atoms with Crippen molar-refractivity contribution in [2.24, 2.45) is 0 Å². The Bertz CT molecular complexity index is 1180. The van der Waals surface area contributed by atoms with E-state index in [4.69, 9.17) is 21.7 Å². The number of nitrogens with zero attached hydrogens (tertiary/aromatic N) is 1. The molecule has 0 fully saturated rings. The molecule has 0 saturated heterocycles. The van der Waals surface area contributed by atoms with Gasteiger partial charge in [0, 0.05) is 47.8 Å². The van der Waals surface area contributed by atoms with Crippen molar-refractivity contribution in [3.63, 3.8) is 0 Å². The maximum absolute atomic E-state index is 13.2. The molecule has 3 aromatic rings. The van der Waals surface area contributed by atoms with Gasteiger partial charge in [0.2, 0.25) is 0 Å². The first kappa shape index (κ1) is 23.7. The number of nitrogens with one attached hydrogen (secondary N) is 2. The molecular formula is C26H27N3O4S. The highest BCUT2D eigenvalue weighted by Gasteiger charge is 2.33. The lowest BCUT2D eigenvalue weighted by Crippen LogP contribution is -2.41. The topological polar surface area (TPSA) is 79.9 Å². The molecule has 7 nitrogen and oxygen atoms in total. The maximum atomic E-state index is 13.2. The van der Waals surface area contributed by atoms with E-state index < -0.39 is 0 Å². The molecule has 2 amide bonds. The normalized spacial score (nSPS) is 12.7. The molecule has 1 aliphatic rings. The third-order valence-corrected chi connectivity index (χ3v) is 5.87. The first-order chi connectivity index (χ1) is 16.6. The molecule has 0 atom stereocenters. The van der Waals surface area contributed by atoms with Crippen LogP contribution in [0, 0.1) is 0 Å². The molecule has 8 heteroatoms. The number of imide groups is 1. The van der Waals surface area contributed by atoms with E-state index in [9.17, 15) is 9.59 Å². The number of hydrogen-bond donors (Lipinski definition) is 2. The molecule has 0 saturated carbocycles. The summed E-state index contributed by atoms with van der Waals surface area (Å²) >= 11 is 5.31. The fraction of sp³-hybridized carbons (Fsp3) is 0.269. The highest BCUT2D eigenvalue weighted by atomic mass is 32.1. The second-order valence-corrected chi connectivity index (χ2v) is 8.30. The van der Waals surface area contributed by atoms with Crippen LogP contribution >= 0.6 is 12.2 Å². The summed E-state index contributed by atoms with van der Waals surface area (Å²) in [6.45, 7) is 1.83. The van der Waals surface area contributed by atoms with Crippen molar-refractivity contribution < 1.29 is 19.1 Å². The Kier molecular flexibility index (Phi) is 7.72. The Morgan fingerprint density at radius 3 is 2.44 bits per heavy atom. The summed E-state index contributed by atoms with van der Waals surface area (Å²) in [7, 11) is 1.61. The van der Waals surface area contributed by atoms with Gasteiger partial charge in [0.15, 0.2) is 5.11 Å². The van der Waals surface area contributed by atoms with Crippen LogP contribution in [0.1, 0.15) is 33.6 Å². The van der Waals surface area contributed by atoms with Crippen molar-refractivity contribution >= 4 is 45.6 Å². The number of para-hydroxylation sites is 1. The minimum Gasteiger partial charge on any atom is -0.491 e. The summed E-state index contributed by atoms with van der Waals surface area (Å²) in [5.74, 6) is 0.0931. The highest BCUT2D eigenvalue weighted by Crippen LogP contribution is 2.35.